The van der Waals surface area contributed by atoms with Crippen LogP contribution in [-0.4, -0.2) is 17.9 Å². The summed E-state index contributed by atoms with van der Waals surface area (Å²) in [7, 11) is 0. The number of carbonyl (C=O) groups excluding carboxylic acids is 2. The molecule has 0 aliphatic heterocycles. The van der Waals surface area contributed by atoms with Crippen LogP contribution in [0.1, 0.15) is 53.9 Å². The maximum atomic E-state index is 12.5. The van der Waals surface area contributed by atoms with E-state index in [2.05, 4.69) is 22.8 Å². The molecule has 0 bridgehead atoms. The Balaban J connectivity index is 1.65. The Hall–Kier alpha value is -2.56. The smallest absolute Gasteiger partial charge is 0.287 e. The zero-order valence-corrected chi connectivity index (χ0v) is 13.7. The van der Waals surface area contributed by atoms with Gasteiger partial charge in [0.1, 0.15) is 6.04 Å². The van der Waals surface area contributed by atoms with Gasteiger partial charge in [-0.1, -0.05) is 30.7 Å². The number of aryl methyl sites for hydroxylation is 1. The van der Waals surface area contributed by atoms with E-state index in [0.717, 1.165) is 25.7 Å². The van der Waals surface area contributed by atoms with Crippen molar-refractivity contribution in [2.75, 3.05) is 0 Å². The summed E-state index contributed by atoms with van der Waals surface area (Å²) in [6.45, 7) is 1.68. The second-order valence-electron chi connectivity index (χ2n) is 6.18. The molecule has 0 spiro atoms. The van der Waals surface area contributed by atoms with Gasteiger partial charge in [0, 0.05) is 0 Å². The average Bonchev–Trinajstić information content (AvgIpc) is 3.05. The zero-order valence-electron chi connectivity index (χ0n) is 13.7. The van der Waals surface area contributed by atoms with Crippen LogP contribution in [0.4, 0.5) is 0 Å². The van der Waals surface area contributed by atoms with Gasteiger partial charge in [0.25, 0.3) is 5.91 Å². The van der Waals surface area contributed by atoms with Gasteiger partial charge in [-0.2, -0.15) is 0 Å². The summed E-state index contributed by atoms with van der Waals surface area (Å²) in [5.41, 5.74) is 2.49. The number of amides is 2. The van der Waals surface area contributed by atoms with E-state index in [9.17, 15) is 9.59 Å². The third-order valence-electron chi connectivity index (χ3n) is 4.42. The minimum atomic E-state index is -0.627. The summed E-state index contributed by atoms with van der Waals surface area (Å²) in [5.74, 6) is -0.366. The van der Waals surface area contributed by atoms with E-state index in [-0.39, 0.29) is 23.6 Å². The molecule has 0 saturated carbocycles. The van der Waals surface area contributed by atoms with Crippen LogP contribution in [0.2, 0.25) is 0 Å². The molecule has 126 valence electrons. The van der Waals surface area contributed by atoms with Crippen LogP contribution in [0.15, 0.2) is 47.1 Å². The van der Waals surface area contributed by atoms with Crippen LogP contribution in [0.5, 0.6) is 0 Å². The highest BCUT2D eigenvalue weighted by Crippen LogP contribution is 2.28. The lowest BCUT2D eigenvalue weighted by molar-refractivity contribution is -0.123. The first kappa shape index (κ1) is 16.3. The summed E-state index contributed by atoms with van der Waals surface area (Å²) in [6, 6.07) is 10.8. The lowest BCUT2D eigenvalue weighted by Crippen LogP contribution is -2.45. The van der Waals surface area contributed by atoms with Crippen molar-refractivity contribution < 1.29 is 14.0 Å². The molecule has 5 nitrogen and oxygen atoms in total. The summed E-state index contributed by atoms with van der Waals surface area (Å²) in [6.07, 6.45) is 5.61. The molecule has 0 saturated heterocycles. The molecule has 2 amide bonds. The molecule has 1 aliphatic carbocycles. The fraction of sp³-hybridized carbons (Fsp3) is 0.368. The fourth-order valence-electron chi connectivity index (χ4n) is 3.11. The summed E-state index contributed by atoms with van der Waals surface area (Å²) >= 11 is 0. The second-order valence-corrected chi connectivity index (χ2v) is 6.18. The Morgan fingerprint density at radius 3 is 2.79 bits per heavy atom. The molecular weight excluding hydrogens is 304 g/mol. The topological polar surface area (TPSA) is 71.3 Å². The minimum Gasteiger partial charge on any atom is -0.459 e. The number of hydrogen-bond acceptors (Lipinski definition) is 3. The van der Waals surface area contributed by atoms with E-state index < -0.39 is 6.04 Å². The maximum absolute atomic E-state index is 12.5. The van der Waals surface area contributed by atoms with Gasteiger partial charge in [0.2, 0.25) is 5.91 Å². The van der Waals surface area contributed by atoms with Gasteiger partial charge in [0.05, 0.1) is 12.3 Å². The molecule has 0 radical (unpaired) electrons. The summed E-state index contributed by atoms with van der Waals surface area (Å²) < 4.78 is 5.05. The quantitative estimate of drug-likeness (QED) is 0.849. The van der Waals surface area contributed by atoms with Gasteiger partial charge >= 0.3 is 0 Å². The Kier molecular flexibility index (Phi) is 4.99. The molecule has 2 N–H and O–H groups in total. The lowest BCUT2D eigenvalue weighted by Gasteiger charge is -2.22. The normalized spacial score (nSPS) is 18.1. The second kappa shape index (κ2) is 7.34. The van der Waals surface area contributed by atoms with Crippen molar-refractivity contribution in [2.24, 2.45) is 0 Å². The molecule has 1 aromatic carbocycles. The Morgan fingerprint density at radius 2 is 2.00 bits per heavy atom. The third kappa shape index (κ3) is 3.67. The highest BCUT2D eigenvalue weighted by Gasteiger charge is 2.24. The van der Waals surface area contributed by atoms with Gasteiger partial charge in [-0.15, -0.1) is 0 Å². The van der Waals surface area contributed by atoms with E-state index in [1.807, 2.05) is 12.1 Å². The number of carbonyl (C=O) groups is 2. The SMILES string of the molecule is C[C@@H](NC(=O)c1ccco1)C(=O)N[C@@H]1CCCCc2ccccc21. The molecule has 0 unspecified atom stereocenters. The van der Waals surface area contributed by atoms with Crippen molar-refractivity contribution in [2.45, 2.75) is 44.7 Å². The van der Waals surface area contributed by atoms with E-state index in [1.54, 1.807) is 19.1 Å². The van der Waals surface area contributed by atoms with Crippen molar-refractivity contribution in [1.82, 2.24) is 10.6 Å². The van der Waals surface area contributed by atoms with Gasteiger partial charge in [-0.25, -0.2) is 0 Å². The van der Waals surface area contributed by atoms with Crippen LogP contribution in [0.3, 0.4) is 0 Å². The molecule has 0 fully saturated rings. The van der Waals surface area contributed by atoms with Crippen molar-refractivity contribution in [3.8, 4) is 0 Å². The highest BCUT2D eigenvalue weighted by atomic mass is 16.3. The number of benzene rings is 1. The van der Waals surface area contributed by atoms with Crippen LogP contribution in [0.25, 0.3) is 0 Å². The van der Waals surface area contributed by atoms with Crippen LogP contribution in [0, 0.1) is 0 Å². The number of hydrogen-bond donors (Lipinski definition) is 2. The molecule has 1 aliphatic rings. The Bertz CT molecular complexity index is 709. The number of rotatable bonds is 4. The summed E-state index contributed by atoms with van der Waals surface area (Å²) in [4.78, 5) is 24.5. The monoisotopic (exact) mass is 326 g/mol. The highest BCUT2D eigenvalue weighted by molar-refractivity contribution is 5.95. The van der Waals surface area contributed by atoms with Crippen molar-refractivity contribution in [3.63, 3.8) is 0 Å². The van der Waals surface area contributed by atoms with Gasteiger partial charge in [-0.05, 0) is 49.4 Å². The van der Waals surface area contributed by atoms with E-state index in [0.29, 0.717) is 0 Å². The van der Waals surface area contributed by atoms with E-state index in [1.165, 1.54) is 17.4 Å². The molecule has 1 aromatic heterocycles. The molecule has 24 heavy (non-hydrogen) atoms. The first-order chi connectivity index (χ1) is 11.6. The van der Waals surface area contributed by atoms with Crippen molar-refractivity contribution in [1.29, 1.82) is 0 Å². The fourth-order valence-corrected chi connectivity index (χ4v) is 3.11. The average molecular weight is 326 g/mol. The van der Waals surface area contributed by atoms with Gasteiger partial charge in [-0.3, -0.25) is 9.59 Å². The predicted molar refractivity (Wildman–Crippen MR) is 90.5 cm³/mol. The minimum absolute atomic E-state index is 0.000773. The number of fused-ring (bicyclic) bond motifs is 1. The number of nitrogens with one attached hydrogen (secondary N) is 2. The van der Waals surface area contributed by atoms with E-state index in [4.69, 9.17) is 4.42 Å². The molecule has 3 rings (SSSR count). The molecule has 5 heteroatoms. The van der Waals surface area contributed by atoms with Crippen LogP contribution in [-0.2, 0) is 11.2 Å². The first-order valence-corrected chi connectivity index (χ1v) is 8.37. The maximum Gasteiger partial charge on any atom is 0.287 e. The molecule has 1 heterocycles. The lowest BCUT2D eigenvalue weighted by atomic mass is 9.99. The van der Waals surface area contributed by atoms with Crippen molar-refractivity contribution in [3.05, 3.63) is 59.5 Å². The first-order valence-electron chi connectivity index (χ1n) is 8.37. The largest absolute Gasteiger partial charge is 0.459 e. The van der Waals surface area contributed by atoms with E-state index >= 15 is 0 Å². The van der Waals surface area contributed by atoms with Crippen LogP contribution < -0.4 is 10.6 Å². The molecule has 2 atom stereocenters. The van der Waals surface area contributed by atoms with Gasteiger partial charge in [0.15, 0.2) is 5.76 Å². The Labute approximate surface area is 141 Å². The van der Waals surface area contributed by atoms with Crippen molar-refractivity contribution >= 4 is 11.8 Å². The predicted octanol–water partition coefficient (Wildman–Crippen LogP) is 2.98. The van der Waals surface area contributed by atoms with Crippen LogP contribution >= 0.6 is 0 Å². The third-order valence-corrected chi connectivity index (χ3v) is 4.42. The molecule has 2 aromatic rings. The standard InChI is InChI=1S/C19H22N2O3/c1-13(20-19(23)17-11-6-12-24-17)18(22)21-16-10-5-3-8-14-7-2-4-9-15(14)16/h2,4,6-7,9,11-13,16H,3,5,8,10H2,1H3,(H,20,23)(H,21,22)/t13-,16-/m1/s1. The zero-order chi connectivity index (χ0) is 16.9. The van der Waals surface area contributed by atoms with Gasteiger partial charge < -0.3 is 15.1 Å². The number of furan rings is 1. The summed E-state index contributed by atoms with van der Waals surface area (Å²) in [5, 5.41) is 5.75. The molecular formula is C19H22N2O3. The Morgan fingerprint density at radius 1 is 1.17 bits per heavy atom.